The summed E-state index contributed by atoms with van der Waals surface area (Å²) in [5, 5.41) is 5.02. The third-order valence-electron chi connectivity index (χ3n) is 6.87. The first-order valence-electron chi connectivity index (χ1n) is 11.4. The number of pyridine rings is 1. The molecule has 0 atom stereocenters. The van der Waals surface area contributed by atoms with Crippen molar-refractivity contribution in [3.8, 4) is 0 Å². The van der Waals surface area contributed by atoms with Gasteiger partial charge in [-0.2, -0.15) is 0 Å². The van der Waals surface area contributed by atoms with E-state index >= 15 is 0 Å². The van der Waals surface area contributed by atoms with Crippen LogP contribution in [-0.2, 0) is 19.4 Å². The number of nitrogens with zero attached hydrogens (tertiary/aromatic N) is 4. The van der Waals surface area contributed by atoms with Crippen LogP contribution in [0.2, 0.25) is 0 Å². The van der Waals surface area contributed by atoms with Crippen molar-refractivity contribution in [3.05, 3.63) is 121 Å². The minimum atomic E-state index is -0.142. The molecule has 0 saturated heterocycles. The predicted octanol–water partition coefficient (Wildman–Crippen LogP) is 4.05. The van der Waals surface area contributed by atoms with E-state index in [9.17, 15) is 9.59 Å². The van der Waals surface area contributed by atoms with Crippen LogP contribution in [-0.4, -0.2) is 27.1 Å². The lowest BCUT2D eigenvalue weighted by atomic mass is 9.94. The molecule has 2 aromatic carbocycles. The van der Waals surface area contributed by atoms with Gasteiger partial charge in [0.05, 0.1) is 12.6 Å². The van der Waals surface area contributed by atoms with Crippen molar-refractivity contribution >= 4 is 17.2 Å². The molecule has 2 aliphatic rings. The van der Waals surface area contributed by atoms with E-state index < -0.39 is 0 Å². The Labute approximate surface area is 201 Å². The summed E-state index contributed by atoms with van der Waals surface area (Å²) in [6.45, 7) is 2.54. The summed E-state index contributed by atoms with van der Waals surface area (Å²) < 4.78 is 1.90. The molecule has 0 fully saturated rings. The van der Waals surface area contributed by atoms with Crippen LogP contribution in [0.15, 0.2) is 77.2 Å². The van der Waals surface area contributed by atoms with Gasteiger partial charge in [-0.3, -0.25) is 19.3 Å². The quantitative estimate of drug-likeness (QED) is 0.455. The van der Waals surface area contributed by atoms with Crippen LogP contribution in [0.5, 0.6) is 0 Å². The molecule has 0 unspecified atom stereocenters. The number of carbonyl (C=O) groups is 1. The van der Waals surface area contributed by atoms with Crippen LogP contribution in [0.1, 0.15) is 49.4 Å². The summed E-state index contributed by atoms with van der Waals surface area (Å²) in [4.78, 5) is 32.4. The second-order valence-electron chi connectivity index (χ2n) is 8.81. The summed E-state index contributed by atoms with van der Waals surface area (Å²) in [5.74, 6) is -0.142. The van der Waals surface area contributed by atoms with E-state index in [0.717, 1.165) is 17.8 Å². The van der Waals surface area contributed by atoms with E-state index in [-0.39, 0.29) is 17.4 Å². The van der Waals surface area contributed by atoms with Crippen molar-refractivity contribution in [1.29, 1.82) is 0 Å². The van der Waals surface area contributed by atoms with Crippen molar-refractivity contribution in [1.82, 2.24) is 14.6 Å². The van der Waals surface area contributed by atoms with Gasteiger partial charge in [0.25, 0.3) is 5.91 Å². The maximum absolute atomic E-state index is 13.6. The van der Waals surface area contributed by atoms with E-state index in [4.69, 9.17) is 0 Å². The summed E-state index contributed by atoms with van der Waals surface area (Å²) in [6, 6.07) is 18.6. The van der Waals surface area contributed by atoms with Crippen LogP contribution in [0.4, 0.5) is 0 Å². The first kappa shape index (κ1) is 20.9. The Hall–Kier alpha value is -3.71. The second-order valence-corrected chi connectivity index (χ2v) is 9.79. The molecule has 1 aliphatic heterocycles. The third-order valence-corrected chi connectivity index (χ3v) is 7.64. The van der Waals surface area contributed by atoms with Crippen molar-refractivity contribution in [2.45, 2.75) is 32.4 Å². The average Bonchev–Trinajstić information content (AvgIpc) is 3.31. The maximum Gasteiger partial charge on any atom is 0.274 e. The average molecular weight is 469 g/mol. The van der Waals surface area contributed by atoms with E-state index in [2.05, 4.69) is 58.5 Å². The molecule has 170 valence electrons. The highest BCUT2D eigenvalue weighted by Crippen LogP contribution is 2.37. The van der Waals surface area contributed by atoms with Crippen LogP contribution in [0, 0.1) is 6.92 Å². The summed E-state index contributed by atoms with van der Waals surface area (Å²) in [7, 11) is 0. The Morgan fingerprint density at radius 2 is 1.65 bits per heavy atom. The number of carbonyl (C=O) groups excluding carboxylic acids is 1. The van der Waals surface area contributed by atoms with Crippen molar-refractivity contribution in [3.63, 3.8) is 0 Å². The molecule has 6 rings (SSSR count). The van der Waals surface area contributed by atoms with Gasteiger partial charge in [0.15, 0.2) is 5.43 Å². The number of hydrogen-bond acceptors (Lipinski definition) is 5. The van der Waals surface area contributed by atoms with Crippen LogP contribution in [0.25, 0.3) is 0 Å². The van der Waals surface area contributed by atoms with Gasteiger partial charge in [0.2, 0.25) is 0 Å². The molecule has 0 bridgehead atoms. The van der Waals surface area contributed by atoms with E-state index in [1.54, 1.807) is 30.3 Å². The van der Waals surface area contributed by atoms with Gasteiger partial charge in [-0.1, -0.05) is 48.5 Å². The van der Waals surface area contributed by atoms with Crippen LogP contribution in [0.3, 0.4) is 0 Å². The van der Waals surface area contributed by atoms with Gasteiger partial charge in [-0.15, -0.1) is 11.3 Å². The molecular weight excluding hydrogens is 444 g/mol. The normalized spacial score (nSPS) is 15.5. The SMILES string of the molecule is Cc1c2n(ccc1=O)N(C1c3ccccc3CCc3ccccc31)CN(Cc1nccs1)C2=O. The topological polar surface area (TPSA) is 58.4 Å². The fourth-order valence-electron chi connectivity index (χ4n) is 5.19. The number of rotatable bonds is 3. The standard InChI is InChI=1S/C27H24N4O2S/c1-18-23(32)12-14-30-25(18)27(33)29(16-24-28-13-15-34-24)17-31(30)26-21-8-4-2-6-19(21)10-11-20-7-3-5-9-22(20)26/h2-9,12-15,26H,10-11,16-17H2,1H3. The molecule has 0 spiro atoms. The molecule has 3 heterocycles. The van der Waals surface area contributed by atoms with Gasteiger partial charge < -0.3 is 4.90 Å². The fourth-order valence-corrected chi connectivity index (χ4v) is 5.82. The first-order valence-corrected chi connectivity index (χ1v) is 12.3. The van der Waals surface area contributed by atoms with Gasteiger partial charge in [-0.05, 0) is 42.0 Å². The lowest BCUT2D eigenvalue weighted by Gasteiger charge is -2.44. The Morgan fingerprint density at radius 1 is 0.971 bits per heavy atom. The van der Waals surface area contributed by atoms with Gasteiger partial charge in [-0.25, -0.2) is 4.98 Å². The van der Waals surface area contributed by atoms with Crippen molar-refractivity contribution in [2.24, 2.45) is 0 Å². The number of hydrogen-bond donors (Lipinski definition) is 0. The highest BCUT2D eigenvalue weighted by atomic mass is 32.1. The molecule has 34 heavy (non-hydrogen) atoms. The highest BCUT2D eigenvalue weighted by molar-refractivity contribution is 7.09. The molecule has 4 aromatic rings. The van der Waals surface area contributed by atoms with Gasteiger partial charge in [0, 0.05) is 29.4 Å². The minimum Gasteiger partial charge on any atom is -0.311 e. The lowest BCUT2D eigenvalue weighted by Crippen LogP contribution is -2.55. The number of fused-ring (bicyclic) bond motifs is 3. The largest absolute Gasteiger partial charge is 0.311 e. The van der Waals surface area contributed by atoms with E-state index in [1.807, 2.05) is 10.1 Å². The van der Waals surface area contributed by atoms with E-state index in [0.29, 0.717) is 24.5 Å². The highest BCUT2D eigenvalue weighted by Gasteiger charge is 2.37. The van der Waals surface area contributed by atoms with Crippen LogP contribution < -0.4 is 10.4 Å². The summed E-state index contributed by atoms with van der Waals surface area (Å²) in [6.07, 6.45) is 5.44. The second kappa shape index (κ2) is 8.25. The zero-order valence-corrected chi connectivity index (χ0v) is 19.7. The van der Waals surface area contributed by atoms with Gasteiger partial charge >= 0.3 is 0 Å². The Balaban J connectivity index is 1.57. The Bertz CT molecular complexity index is 1400. The molecule has 0 radical (unpaired) electrons. The Kier molecular flexibility index (Phi) is 5.07. The predicted molar refractivity (Wildman–Crippen MR) is 133 cm³/mol. The zero-order valence-electron chi connectivity index (χ0n) is 18.8. The smallest absolute Gasteiger partial charge is 0.274 e. The minimum absolute atomic E-state index is 0.0950. The summed E-state index contributed by atoms with van der Waals surface area (Å²) in [5.41, 5.74) is 5.86. The van der Waals surface area contributed by atoms with Gasteiger partial charge in [0.1, 0.15) is 17.4 Å². The molecule has 7 heteroatoms. The molecule has 1 amide bonds. The number of thiazole rings is 1. The number of aryl methyl sites for hydroxylation is 2. The van der Waals surface area contributed by atoms with Crippen molar-refractivity contribution < 1.29 is 4.79 Å². The molecule has 0 N–H and O–H groups in total. The molecular formula is C27H24N4O2S. The molecule has 0 saturated carbocycles. The lowest BCUT2D eigenvalue weighted by molar-refractivity contribution is 0.0669. The first-order chi connectivity index (χ1) is 16.6. The maximum atomic E-state index is 13.6. The summed E-state index contributed by atoms with van der Waals surface area (Å²) >= 11 is 1.53. The number of benzene rings is 2. The third kappa shape index (κ3) is 3.35. The van der Waals surface area contributed by atoms with Crippen molar-refractivity contribution in [2.75, 3.05) is 11.7 Å². The Morgan fingerprint density at radius 3 is 2.29 bits per heavy atom. The molecule has 2 aromatic heterocycles. The zero-order chi connectivity index (χ0) is 23.2. The fraction of sp³-hybridized carbons (Fsp3) is 0.222. The monoisotopic (exact) mass is 468 g/mol. The van der Waals surface area contributed by atoms with E-state index in [1.165, 1.54) is 33.6 Å². The number of aromatic nitrogens is 2. The molecule has 1 aliphatic carbocycles. The van der Waals surface area contributed by atoms with Crippen LogP contribution >= 0.6 is 11.3 Å². The molecule has 6 nitrogen and oxygen atoms in total. The number of amides is 1.